The molecule has 2 rings (SSSR count). The summed E-state index contributed by atoms with van der Waals surface area (Å²) in [5.74, 6) is -1.97. The first-order chi connectivity index (χ1) is 11.2. The van der Waals surface area contributed by atoms with Crippen molar-refractivity contribution in [1.82, 2.24) is 4.90 Å². The van der Waals surface area contributed by atoms with Crippen LogP contribution in [0.3, 0.4) is 0 Å². The number of carbonyl (C=O) groups excluding carboxylic acids is 1. The lowest BCUT2D eigenvalue weighted by molar-refractivity contribution is -0.159. The van der Waals surface area contributed by atoms with E-state index in [4.69, 9.17) is 9.84 Å². The Balaban J connectivity index is 2.20. The molecule has 2 fully saturated rings. The molecule has 0 spiro atoms. The smallest absolute Gasteiger partial charge is 0.334 e. The fourth-order valence-corrected chi connectivity index (χ4v) is 6.18. The molecule has 138 valence electrons. The van der Waals surface area contributed by atoms with Crippen molar-refractivity contribution in [2.24, 2.45) is 5.92 Å². The van der Waals surface area contributed by atoms with Gasteiger partial charge in [0.25, 0.3) is 0 Å². The number of aliphatic carboxylic acids is 1. The minimum absolute atomic E-state index is 0.0996. The van der Waals surface area contributed by atoms with E-state index in [9.17, 15) is 18.0 Å². The number of carbonyl (C=O) groups is 2. The molecule has 1 saturated heterocycles. The Morgan fingerprint density at radius 2 is 1.79 bits per heavy atom. The summed E-state index contributed by atoms with van der Waals surface area (Å²) in [5, 5.41) is 7.51. The fraction of sp³-hybridized carbons (Fsp3) is 0.875. The van der Waals surface area contributed by atoms with Crippen LogP contribution >= 0.6 is 0 Å². The molecule has 2 aliphatic rings. The maximum Gasteiger partial charge on any atom is 0.334 e. The SMILES string of the molecule is CC(C)[C@@H](C(=O)N1CCO[C@H](C(=O)O)C1)S(=O)(=O)C1CCCCC1. The summed E-state index contributed by atoms with van der Waals surface area (Å²) in [6.45, 7) is 3.71. The molecule has 7 nitrogen and oxygen atoms in total. The number of amides is 1. The van der Waals surface area contributed by atoms with E-state index in [1.165, 1.54) is 4.90 Å². The summed E-state index contributed by atoms with van der Waals surface area (Å²) >= 11 is 0. The van der Waals surface area contributed by atoms with Crippen LogP contribution in [0.2, 0.25) is 0 Å². The van der Waals surface area contributed by atoms with Gasteiger partial charge in [-0.2, -0.15) is 0 Å². The van der Waals surface area contributed by atoms with Crippen molar-refractivity contribution >= 4 is 21.7 Å². The third kappa shape index (κ3) is 4.08. The monoisotopic (exact) mass is 361 g/mol. The predicted molar refractivity (Wildman–Crippen MR) is 88.4 cm³/mol. The van der Waals surface area contributed by atoms with Crippen LogP contribution in [-0.2, 0) is 24.2 Å². The van der Waals surface area contributed by atoms with Crippen LogP contribution in [0.25, 0.3) is 0 Å². The average Bonchev–Trinajstić information content (AvgIpc) is 2.55. The van der Waals surface area contributed by atoms with Gasteiger partial charge in [-0.15, -0.1) is 0 Å². The molecule has 0 aromatic heterocycles. The summed E-state index contributed by atoms with van der Waals surface area (Å²) < 4.78 is 31.2. The Labute approximate surface area is 143 Å². The molecule has 8 heteroatoms. The number of nitrogens with zero attached hydrogens (tertiary/aromatic N) is 1. The molecule has 0 aromatic carbocycles. The maximum atomic E-state index is 13.0. The van der Waals surface area contributed by atoms with Crippen LogP contribution in [0, 0.1) is 5.92 Å². The molecule has 1 aliphatic carbocycles. The van der Waals surface area contributed by atoms with Gasteiger partial charge < -0.3 is 14.7 Å². The molecule has 1 N–H and O–H groups in total. The summed E-state index contributed by atoms with van der Waals surface area (Å²) in [6, 6.07) is 0. The molecule has 1 heterocycles. The highest BCUT2D eigenvalue weighted by Crippen LogP contribution is 2.30. The van der Waals surface area contributed by atoms with E-state index in [1.807, 2.05) is 0 Å². The molecule has 0 radical (unpaired) electrons. The normalized spacial score (nSPS) is 24.8. The first kappa shape index (κ1) is 19.2. The number of hydrogen-bond donors (Lipinski definition) is 1. The second-order valence-corrected chi connectivity index (χ2v) is 9.35. The van der Waals surface area contributed by atoms with E-state index >= 15 is 0 Å². The van der Waals surface area contributed by atoms with Crippen LogP contribution in [0.4, 0.5) is 0 Å². The Morgan fingerprint density at radius 1 is 1.17 bits per heavy atom. The summed E-state index contributed by atoms with van der Waals surface area (Å²) in [6.07, 6.45) is 2.92. The average molecular weight is 361 g/mol. The lowest BCUT2D eigenvalue weighted by atomic mass is 10.0. The van der Waals surface area contributed by atoms with E-state index in [1.54, 1.807) is 13.8 Å². The second-order valence-electron chi connectivity index (χ2n) is 7.00. The van der Waals surface area contributed by atoms with Gasteiger partial charge in [-0.1, -0.05) is 33.1 Å². The lowest BCUT2D eigenvalue weighted by Crippen LogP contribution is -2.55. The van der Waals surface area contributed by atoms with Gasteiger partial charge in [0, 0.05) is 6.54 Å². The lowest BCUT2D eigenvalue weighted by Gasteiger charge is -2.35. The van der Waals surface area contributed by atoms with Gasteiger partial charge in [-0.25, -0.2) is 13.2 Å². The molecule has 1 saturated carbocycles. The zero-order valence-corrected chi connectivity index (χ0v) is 15.1. The van der Waals surface area contributed by atoms with Gasteiger partial charge in [0.05, 0.1) is 18.4 Å². The molecule has 0 aromatic rings. The molecule has 0 bridgehead atoms. The highest BCUT2D eigenvalue weighted by Gasteiger charge is 2.44. The van der Waals surface area contributed by atoms with Crippen molar-refractivity contribution < 1.29 is 27.9 Å². The number of ether oxygens (including phenoxy) is 1. The van der Waals surface area contributed by atoms with Gasteiger partial charge in [-0.05, 0) is 18.8 Å². The Bertz CT molecular complexity index is 567. The molecule has 24 heavy (non-hydrogen) atoms. The number of hydrogen-bond acceptors (Lipinski definition) is 5. The summed E-state index contributed by atoms with van der Waals surface area (Å²) in [5.41, 5.74) is 0. The molecule has 0 unspecified atom stereocenters. The van der Waals surface area contributed by atoms with Crippen molar-refractivity contribution in [3.8, 4) is 0 Å². The van der Waals surface area contributed by atoms with Crippen LogP contribution in [0.1, 0.15) is 46.0 Å². The van der Waals surface area contributed by atoms with Gasteiger partial charge in [0.2, 0.25) is 5.91 Å². The van der Waals surface area contributed by atoms with Crippen molar-refractivity contribution in [3.63, 3.8) is 0 Å². The number of morpholine rings is 1. The molecular formula is C16H27NO6S. The minimum atomic E-state index is -3.59. The van der Waals surface area contributed by atoms with Crippen LogP contribution in [-0.4, -0.2) is 66.6 Å². The Kier molecular flexibility index (Phi) is 6.25. The molecule has 1 aliphatic heterocycles. The second kappa shape index (κ2) is 7.82. The third-order valence-corrected chi connectivity index (χ3v) is 7.73. The summed E-state index contributed by atoms with van der Waals surface area (Å²) in [7, 11) is -3.59. The highest BCUT2D eigenvalue weighted by molar-refractivity contribution is 7.93. The van der Waals surface area contributed by atoms with Crippen LogP contribution < -0.4 is 0 Å². The van der Waals surface area contributed by atoms with Gasteiger partial charge in [0.1, 0.15) is 5.25 Å². The first-order valence-electron chi connectivity index (χ1n) is 8.61. The highest BCUT2D eigenvalue weighted by atomic mass is 32.2. The predicted octanol–water partition coefficient (Wildman–Crippen LogP) is 1.07. The van der Waals surface area contributed by atoms with Crippen molar-refractivity contribution in [1.29, 1.82) is 0 Å². The maximum absolute atomic E-state index is 13.0. The zero-order chi connectivity index (χ0) is 17.9. The first-order valence-corrected chi connectivity index (χ1v) is 10.2. The largest absolute Gasteiger partial charge is 0.479 e. The van der Waals surface area contributed by atoms with Gasteiger partial charge in [0.15, 0.2) is 15.9 Å². The molecular weight excluding hydrogens is 334 g/mol. The zero-order valence-electron chi connectivity index (χ0n) is 14.3. The van der Waals surface area contributed by atoms with Crippen molar-refractivity contribution in [2.75, 3.05) is 19.7 Å². The van der Waals surface area contributed by atoms with Crippen molar-refractivity contribution in [2.45, 2.75) is 62.6 Å². The topological polar surface area (TPSA) is 101 Å². The Hall–Kier alpha value is -1.15. The number of rotatable bonds is 5. The van der Waals surface area contributed by atoms with Gasteiger partial charge in [-0.3, -0.25) is 4.79 Å². The van der Waals surface area contributed by atoms with E-state index in [0.29, 0.717) is 12.8 Å². The quantitative estimate of drug-likeness (QED) is 0.786. The minimum Gasteiger partial charge on any atom is -0.479 e. The van der Waals surface area contributed by atoms with Gasteiger partial charge >= 0.3 is 5.97 Å². The number of sulfone groups is 1. The van der Waals surface area contributed by atoms with E-state index in [0.717, 1.165) is 19.3 Å². The van der Waals surface area contributed by atoms with Crippen LogP contribution in [0.15, 0.2) is 0 Å². The van der Waals surface area contributed by atoms with E-state index < -0.39 is 38.3 Å². The standard InChI is InChI=1S/C16H27NO6S/c1-11(2)14(24(21,22)12-6-4-3-5-7-12)15(18)17-8-9-23-13(10-17)16(19)20/h11-14H,3-10H2,1-2H3,(H,19,20)/t13-,14-/m0/s1. The number of carboxylic acids is 1. The Morgan fingerprint density at radius 3 is 2.33 bits per heavy atom. The molecule has 2 atom stereocenters. The van der Waals surface area contributed by atoms with E-state index in [-0.39, 0.29) is 25.6 Å². The van der Waals surface area contributed by atoms with Crippen molar-refractivity contribution in [3.05, 3.63) is 0 Å². The van der Waals surface area contributed by atoms with E-state index in [2.05, 4.69) is 0 Å². The van der Waals surface area contributed by atoms with Crippen LogP contribution in [0.5, 0.6) is 0 Å². The fourth-order valence-electron chi connectivity index (χ4n) is 3.58. The third-order valence-electron chi connectivity index (χ3n) is 4.87. The summed E-state index contributed by atoms with van der Waals surface area (Å²) in [4.78, 5) is 25.3. The molecule has 1 amide bonds. The number of carboxylic acid groups (broad SMARTS) is 1.